The third kappa shape index (κ3) is 4.13. The Labute approximate surface area is 172 Å². The van der Waals surface area contributed by atoms with Crippen LogP contribution in [0.2, 0.25) is 0 Å². The van der Waals surface area contributed by atoms with Gasteiger partial charge in [0.2, 0.25) is 0 Å². The minimum absolute atomic E-state index is 0.0514. The summed E-state index contributed by atoms with van der Waals surface area (Å²) in [5, 5.41) is 9.57. The van der Waals surface area contributed by atoms with Gasteiger partial charge in [0.05, 0.1) is 33.4 Å². The highest BCUT2D eigenvalue weighted by Gasteiger charge is 2.34. The van der Waals surface area contributed by atoms with Crippen LogP contribution in [0.15, 0.2) is 84.9 Å². The number of hydrogen-bond donors (Lipinski definition) is 1. The summed E-state index contributed by atoms with van der Waals surface area (Å²) in [5.74, 6) is 2.37. The summed E-state index contributed by atoms with van der Waals surface area (Å²) in [4.78, 5) is 0. The van der Waals surface area contributed by atoms with E-state index in [0.717, 1.165) is 33.9 Å². The monoisotopic (exact) mass is 390 g/mol. The fraction of sp³-hybridized carbons (Fsp3) is 0.200. The molecule has 0 aromatic heterocycles. The van der Waals surface area contributed by atoms with Crippen LogP contribution < -0.4 is 14.2 Å². The maximum Gasteiger partial charge on any atom is 0.118 e. The van der Waals surface area contributed by atoms with Gasteiger partial charge in [-0.2, -0.15) is 0 Å². The van der Waals surface area contributed by atoms with Crippen LogP contribution in [0.5, 0.6) is 17.2 Å². The van der Waals surface area contributed by atoms with Gasteiger partial charge in [-0.3, -0.25) is 0 Å². The average Bonchev–Trinajstić information content (AvgIpc) is 2.80. The van der Waals surface area contributed by atoms with Crippen LogP contribution in [0.3, 0.4) is 0 Å². The van der Waals surface area contributed by atoms with Crippen LogP contribution in [0.25, 0.3) is 0 Å². The largest absolute Gasteiger partial charge is 0.497 e. The van der Waals surface area contributed by atoms with Crippen molar-refractivity contribution in [3.05, 3.63) is 102 Å². The van der Waals surface area contributed by atoms with E-state index in [1.165, 1.54) is 0 Å². The van der Waals surface area contributed by atoms with Gasteiger partial charge in [-0.15, -0.1) is 0 Å². The van der Waals surface area contributed by atoms with Crippen molar-refractivity contribution in [3.8, 4) is 17.2 Å². The highest BCUT2D eigenvalue weighted by Crippen LogP contribution is 2.42. The fourth-order valence-electron chi connectivity index (χ4n) is 3.58. The molecule has 4 nitrogen and oxygen atoms in total. The molecular formula is C25H26O4. The highest BCUT2D eigenvalue weighted by atomic mass is 16.5. The number of ether oxygens (including phenoxy) is 3. The Hall–Kier alpha value is -3.24. The number of benzene rings is 3. The molecule has 0 radical (unpaired) electrons. The van der Waals surface area contributed by atoms with Crippen molar-refractivity contribution >= 4 is 0 Å². The zero-order valence-electron chi connectivity index (χ0n) is 17.0. The van der Waals surface area contributed by atoms with Crippen LogP contribution in [0.1, 0.15) is 16.7 Å². The first-order chi connectivity index (χ1) is 14.2. The number of methoxy groups -OCH3 is 3. The van der Waals surface area contributed by atoms with E-state index in [1.54, 1.807) is 27.4 Å². The average molecular weight is 390 g/mol. The fourth-order valence-corrected chi connectivity index (χ4v) is 3.58. The Morgan fingerprint density at radius 1 is 0.621 bits per heavy atom. The van der Waals surface area contributed by atoms with E-state index in [-0.39, 0.29) is 6.61 Å². The molecule has 150 valence electrons. The van der Waals surface area contributed by atoms with Gasteiger partial charge in [-0.25, -0.2) is 0 Å². The van der Waals surface area contributed by atoms with Crippen LogP contribution >= 0.6 is 0 Å². The molecule has 0 bridgehead atoms. The molecule has 1 N–H and O–H groups in total. The second-order valence-corrected chi connectivity index (χ2v) is 6.58. The van der Waals surface area contributed by atoms with Crippen LogP contribution in [-0.4, -0.2) is 33.0 Å². The molecule has 0 unspecified atom stereocenters. The molecule has 0 heterocycles. The van der Waals surface area contributed by atoms with Crippen molar-refractivity contribution in [3.63, 3.8) is 0 Å². The van der Waals surface area contributed by atoms with Gasteiger partial charge in [-0.1, -0.05) is 48.6 Å². The van der Waals surface area contributed by atoms with Crippen molar-refractivity contribution in [2.45, 2.75) is 5.41 Å². The summed E-state index contributed by atoms with van der Waals surface area (Å²) in [6.45, 7) is -0.0514. The number of allylic oxidation sites excluding steroid dienone is 1. The molecule has 0 aliphatic carbocycles. The predicted octanol–water partition coefficient (Wildman–Crippen LogP) is 4.60. The van der Waals surface area contributed by atoms with E-state index < -0.39 is 5.41 Å². The predicted molar refractivity (Wildman–Crippen MR) is 115 cm³/mol. The van der Waals surface area contributed by atoms with Crippen molar-refractivity contribution in [2.24, 2.45) is 0 Å². The number of aliphatic hydroxyl groups excluding tert-OH is 1. The molecule has 0 atom stereocenters. The van der Waals surface area contributed by atoms with Gasteiger partial charge >= 0.3 is 0 Å². The molecule has 29 heavy (non-hydrogen) atoms. The Morgan fingerprint density at radius 2 is 0.931 bits per heavy atom. The van der Waals surface area contributed by atoms with Crippen molar-refractivity contribution in [1.82, 2.24) is 0 Å². The topological polar surface area (TPSA) is 47.9 Å². The van der Waals surface area contributed by atoms with Crippen molar-refractivity contribution in [1.29, 1.82) is 0 Å². The Kier molecular flexibility index (Phi) is 6.57. The molecule has 0 fully saturated rings. The molecule has 0 saturated heterocycles. The second-order valence-electron chi connectivity index (χ2n) is 6.58. The second kappa shape index (κ2) is 9.30. The summed E-state index contributed by atoms with van der Waals surface area (Å²) >= 11 is 0. The molecule has 3 rings (SSSR count). The van der Waals surface area contributed by atoms with E-state index in [9.17, 15) is 5.11 Å². The minimum Gasteiger partial charge on any atom is -0.497 e. The molecule has 0 aliphatic heterocycles. The normalized spacial score (nSPS) is 11.4. The molecule has 0 aliphatic rings. The summed E-state index contributed by atoms with van der Waals surface area (Å²) in [6.07, 6.45) is 3.82. The Balaban J connectivity index is 2.28. The van der Waals surface area contributed by atoms with E-state index in [1.807, 2.05) is 42.5 Å². The maximum absolute atomic E-state index is 9.57. The highest BCUT2D eigenvalue weighted by molar-refractivity contribution is 5.57. The minimum atomic E-state index is -0.604. The zero-order chi connectivity index (χ0) is 20.7. The Bertz CT molecular complexity index is 810. The van der Waals surface area contributed by atoms with Gasteiger partial charge < -0.3 is 19.3 Å². The van der Waals surface area contributed by atoms with Crippen LogP contribution in [-0.2, 0) is 5.41 Å². The first-order valence-electron chi connectivity index (χ1n) is 9.40. The lowest BCUT2D eigenvalue weighted by Gasteiger charge is -2.33. The van der Waals surface area contributed by atoms with Crippen molar-refractivity contribution in [2.75, 3.05) is 27.9 Å². The number of rotatable bonds is 8. The molecule has 0 spiro atoms. The lowest BCUT2D eigenvalue weighted by atomic mass is 9.69. The van der Waals surface area contributed by atoms with Crippen molar-refractivity contribution < 1.29 is 19.3 Å². The third-order valence-corrected chi connectivity index (χ3v) is 5.11. The third-order valence-electron chi connectivity index (χ3n) is 5.11. The molecule has 0 amide bonds. The van der Waals surface area contributed by atoms with E-state index in [2.05, 4.69) is 36.4 Å². The van der Waals surface area contributed by atoms with E-state index >= 15 is 0 Å². The maximum atomic E-state index is 9.57. The van der Waals surface area contributed by atoms with Crippen LogP contribution in [0, 0.1) is 0 Å². The Morgan fingerprint density at radius 3 is 1.17 bits per heavy atom. The van der Waals surface area contributed by atoms with Crippen LogP contribution in [0.4, 0.5) is 0 Å². The SMILES string of the molecule is COc1ccc(C(/C=C/CO)(c2ccc(OC)cc2)c2ccc(OC)cc2)cc1. The standard InChI is InChI=1S/C25H26O4/c1-27-22-11-5-19(6-12-22)25(17-4-18-26,20-7-13-23(28-2)14-8-20)21-9-15-24(29-3)16-10-21/h4-17,26H,18H2,1-3H3/b17-4+. The molecule has 3 aromatic rings. The summed E-state index contributed by atoms with van der Waals surface area (Å²) in [6, 6.07) is 24.0. The lowest BCUT2D eigenvalue weighted by molar-refractivity contribution is 0.342. The van der Waals surface area contributed by atoms with Gasteiger partial charge in [0, 0.05) is 0 Å². The number of hydrogen-bond acceptors (Lipinski definition) is 4. The van der Waals surface area contributed by atoms with Gasteiger partial charge in [-0.05, 0) is 53.1 Å². The van der Waals surface area contributed by atoms with E-state index in [0.29, 0.717) is 0 Å². The lowest BCUT2D eigenvalue weighted by Crippen LogP contribution is -2.27. The van der Waals surface area contributed by atoms with E-state index in [4.69, 9.17) is 14.2 Å². The molecule has 4 heteroatoms. The molecular weight excluding hydrogens is 364 g/mol. The van der Waals surface area contributed by atoms with Gasteiger partial charge in [0.15, 0.2) is 0 Å². The molecule has 0 saturated carbocycles. The smallest absolute Gasteiger partial charge is 0.118 e. The van der Waals surface area contributed by atoms with Gasteiger partial charge in [0.1, 0.15) is 17.2 Å². The zero-order valence-corrected chi connectivity index (χ0v) is 17.0. The number of aliphatic hydroxyl groups is 1. The quantitative estimate of drug-likeness (QED) is 0.451. The van der Waals surface area contributed by atoms with Gasteiger partial charge in [0.25, 0.3) is 0 Å². The summed E-state index contributed by atoms with van der Waals surface area (Å²) in [7, 11) is 4.96. The summed E-state index contributed by atoms with van der Waals surface area (Å²) < 4.78 is 16.0. The molecule has 3 aromatic carbocycles. The first-order valence-corrected chi connectivity index (χ1v) is 9.40. The summed E-state index contributed by atoms with van der Waals surface area (Å²) in [5.41, 5.74) is 2.56. The first kappa shape index (κ1) is 20.5.